The molecule has 0 aromatic carbocycles. The van der Waals surface area contributed by atoms with Crippen molar-refractivity contribution >= 4 is 25.0 Å². The molecule has 0 radical (unpaired) electrons. The molecule has 0 atom stereocenters. The molecule has 0 unspecified atom stereocenters. The van der Waals surface area contributed by atoms with Crippen molar-refractivity contribution in [3.05, 3.63) is 0 Å². The highest BCUT2D eigenvalue weighted by molar-refractivity contribution is 6.77. The molecular weight excluding hydrogens is 657 g/mol. The van der Waals surface area contributed by atoms with Crippen LogP contribution in [0, 0.1) is 5.92 Å². The van der Waals surface area contributed by atoms with E-state index in [1.807, 2.05) is 0 Å². The number of unbranched alkanes of at least 4 members (excludes halogenated alkanes) is 18. The minimum atomic E-state index is -2.37. The lowest BCUT2D eigenvalue weighted by atomic mass is 9.90. The van der Waals surface area contributed by atoms with E-state index in [0.717, 1.165) is 38.0 Å². The van der Waals surface area contributed by atoms with E-state index >= 15 is 0 Å². The third-order valence-electron chi connectivity index (χ3n) is 11.7. The predicted octanol–water partition coefficient (Wildman–Crippen LogP) is 14.0. The van der Waals surface area contributed by atoms with Crippen molar-refractivity contribution < 1.29 is 23.1 Å². The van der Waals surface area contributed by atoms with Gasteiger partial charge in [0.05, 0.1) is 13.2 Å². The Labute approximate surface area is 310 Å². The third kappa shape index (κ3) is 27.7. The molecule has 0 aromatic rings. The van der Waals surface area contributed by atoms with Gasteiger partial charge in [0.1, 0.15) is 0 Å². The second-order valence-electron chi connectivity index (χ2n) is 17.4. The highest BCUT2D eigenvalue weighted by atomic mass is 28.4. The van der Waals surface area contributed by atoms with E-state index in [1.165, 1.54) is 166 Å². The standard InChI is InChI=1S/C41H88O5Si3/c1-42-49(43-2,44-3)39-31-22-16-15-21-30-38-48(6,7)37-29-20-14-13-19-28-36-47(4,5)35-27-18-12-10-8-9-11-17-26-34-45-46-40-41-32-24-23-25-33-41/h41H,8-40H2,1-7H3. The lowest BCUT2D eigenvalue weighted by Gasteiger charge is -2.24. The molecule has 5 nitrogen and oxygen atoms in total. The zero-order chi connectivity index (χ0) is 35.9. The molecule has 0 aromatic heterocycles. The molecule has 294 valence electrons. The molecule has 49 heavy (non-hydrogen) atoms. The molecule has 0 bridgehead atoms. The highest BCUT2D eigenvalue weighted by Gasteiger charge is 2.36. The summed E-state index contributed by atoms with van der Waals surface area (Å²) >= 11 is 0. The first-order chi connectivity index (χ1) is 23.7. The predicted molar refractivity (Wildman–Crippen MR) is 221 cm³/mol. The fraction of sp³-hybridized carbons (Fsp3) is 1.00. The first kappa shape index (κ1) is 47.5. The quantitative estimate of drug-likeness (QED) is 0.0277. The summed E-state index contributed by atoms with van der Waals surface area (Å²) in [6, 6.07) is 7.10. The van der Waals surface area contributed by atoms with Crippen LogP contribution in [0.2, 0.25) is 56.4 Å². The van der Waals surface area contributed by atoms with Crippen molar-refractivity contribution in [3.8, 4) is 0 Å². The molecule has 1 rings (SSSR count). The molecule has 1 aliphatic carbocycles. The van der Waals surface area contributed by atoms with Crippen LogP contribution < -0.4 is 0 Å². The summed E-state index contributed by atoms with van der Waals surface area (Å²) in [4.78, 5) is 10.9. The second kappa shape index (κ2) is 30.9. The van der Waals surface area contributed by atoms with Crippen LogP contribution in [0.3, 0.4) is 0 Å². The van der Waals surface area contributed by atoms with Gasteiger partial charge in [-0.05, 0) is 31.6 Å². The minimum absolute atomic E-state index is 0.744. The minimum Gasteiger partial charge on any atom is -0.377 e. The van der Waals surface area contributed by atoms with Gasteiger partial charge in [-0.3, -0.25) is 0 Å². The van der Waals surface area contributed by atoms with Crippen molar-refractivity contribution in [2.75, 3.05) is 34.5 Å². The monoisotopic (exact) mass is 745 g/mol. The van der Waals surface area contributed by atoms with E-state index < -0.39 is 25.0 Å². The zero-order valence-electron chi connectivity index (χ0n) is 34.5. The van der Waals surface area contributed by atoms with Gasteiger partial charge in [0.25, 0.3) is 0 Å². The highest BCUT2D eigenvalue weighted by Crippen LogP contribution is 2.27. The van der Waals surface area contributed by atoms with Crippen LogP contribution in [-0.4, -0.2) is 59.5 Å². The van der Waals surface area contributed by atoms with Gasteiger partial charge in [-0.1, -0.05) is 192 Å². The summed E-state index contributed by atoms with van der Waals surface area (Å²) in [5.74, 6) is 0.744. The first-order valence-electron chi connectivity index (χ1n) is 21.6. The summed E-state index contributed by atoms with van der Waals surface area (Å²) in [6.45, 7) is 12.2. The van der Waals surface area contributed by atoms with Gasteiger partial charge >= 0.3 is 8.80 Å². The Morgan fingerprint density at radius 2 is 0.714 bits per heavy atom. The molecular formula is C41H88O5Si3. The topological polar surface area (TPSA) is 46.2 Å². The fourth-order valence-corrected chi connectivity index (χ4v) is 15.1. The summed E-state index contributed by atoms with van der Waals surface area (Å²) in [6.07, 6.45) is 36.1. The van der Waals surface area contributed by atoms with E-state index in [9.17, 15) is 0 Å². The van der Waals surface area contributed by atoms with Gasteiger partial charge in [0.15, 0.2) is 0 Å². The van der Waals surface area contributed by atoms with Crippen LogP contribution in [0.15, 0.2) is 0 Å². The van der Waals surface area contributed by atoms with Gasteiger partial charge in [0.2, 0.25) is 0 Å². The normalized spacial score (nSPS) is 15.0. The maximum absolute atomic E-state index is 5.54. The molecule has 0 aliphatic heterocycles. The Bertz CT molecular complexity index is 705. The van der Waals surface area contributed by atoms with Crippen LogP contribution in [0.1, 0.15) is 167 Å². The molecule has 0 N–H and O–H groups in total. The summed E-state index contributed by atoms with van der Waals surface area (Å²) in [5, 5.41) is 0. The van der Waals surface area contributed by atoms with Crippen molar-refractivity contribution in [2.24, 2.45) is 5.92 Å². The molecule has 0 spiro atoms. The van der Waals surface area contributed by atoms with Gasteiger partial charge in [-0.2, -0.15) is 0 Å². The van der Waals surface area contributed by atoms with Crippen molar-refractivity contribution in [2.45, 2.75) is 223 Å². The Morgan fingerprint density at radius 1 is 0.388 bits per heavy atom. The molecule has 0 heterocycles. The van der Waals surface area contributed by atoms with E-state index in [-0.39, 0.29) is 0 Å². The zero-order valence-corrected chi connectivity index (χ0v) is 37.5. The Kier molecular flexibility index (Phi) is 29.9. The first-order valence-corrected chi connectivity index (χ1v) is 30.3. The summed E-state index contributed by atoms with van der Waals surface area (Å²) in [5.41, 5.74) is 0. The fourth-order valence-electron chi connectivity index (χ4n) is 7.93. The molecule has 1 fully saturated rings. The lowest BCUT2D eigenvalue weighted by Crippen LogP contribution is -2.42. The van der Waals surface area contributed by atoms with Crippen LogP contribution in [0.5, 0.6) is 0 Å². The third-order valence-corrected chi connectivity index (χ3v) is 21.3. The number of hydrogen-bond acceptors (Lipinski definition) is 5. The van der Waals surface area contributed by atoms with Crippen molar-refractivity contribution in [1.82, 2.24) is 0 Å². The van der Waals surface area contributed by atoms with Crippen molar-refractivity contribution in [3.63, 3.8) is 0 Å². The van der Waals surface area contributed by atoms with Gasteiger partial charge < -0.3 is 13.3 Å². The smallest absolute Gasteiger partial charge is 0.377 e. The van der Waals surface area contributed by atoms with E-state index in [4.69, 9.17) is 23.1 Å². The lowest BCUT2D eigenvalue weighted by molar-refractivity contribution is -0.302. The molecule has 1 saturated carbocycles. The van der Waals surface area contributed by atoms with Crippen LogP contribution in [0.25, 0.3) is 0 Å². The molecule has 0 saturated heterocycles. The average molecular weight is 745 g/mol. The molecule has 1 aliphatic rings. The second-order valence-corrected chi connectivity index (χ2v) is 31.2. The maximum Gasteiger partial charge on any atom is 0.500 e. The Hall–Kier alpha value is 0.451. The van der Waals surface area contributed by atoms with Gasteiger partial charge in [-0.15, -0.1) is 0 Å². The largest absolute Gasteiger partial charge is 0.500 e. The van der Waals surface area contributed by atoms with E-state index in [2.05, 4.69) is 26.2 Å². The number of rotatable bonds is 36. The molecule has 8 heteroatoms. The SMILES string of the molecule is CO[Si](CCCCCCCC[Si](C)(C)CCCCCCCC[Si](C)(C)CCCCCCCCCCCOOCC1CCCCC1)(OC)OC. The average Bonchev–Trinajstić information content (AvgIpc) is 3.09. The van der Waals surface area contributed by atoms with E-state index in [0.29, 0.717) is 0 Å². The van der Waals surface area contributed by atoms with Crippen LogP contribution >= 0.6 is 0 Å². The molecule has 0 amide bonds. The maximum atomic E-state index is 5.54. The van der Waals surface area contributed by atoms with Gasteiger partial charge in [0, 0.05) is 43.5 Å². The van der Waals surface area contributed by atoms with Crippen LogP contribution in [-0.2, 0) is 23.1 Å². The summed E-state index contributed by atoms with van der Waals surface area (Å²) < 4.78 is 16.6. The van der Waals surface area contributed by atoms with Gasteiger partial charge in [-0.25, -0.2) is 9.78 Å². The van der Waals surface area contributed by atoms with Crippen LogP contribution in [0.4, 0.5) is 0 Å². The Balaban J connectivity index is 1.84. The summed E-state index contributed by atoms with van der Waals surface area (Å²) in [7, 11) is 0.796. The van der Waals surface area contributed by atoms with E-state index in [1.54, 1.807) is 33.4 Å². The van der Waals surface area contributed by atoms with Crippen molar-refractivity contribution in [1.29, 1.82) is 0 Å². The number of hydrogen-bond donors (Lipinski definition) is 0. The Morgan fingerprint density at radius 3 is 1.08 bits per heavy atom.